The standard InChI is InChI=1S/C14H12BrF2NO/c1-8(18)9-2-5-14(13(17)6-9)19-10-3-4-11(15)12(16)7-10/h2-8H,18H2,1H3. The molecule has 2 aromatic rings. The molecule has 0 aliphatic carbocycles. The Hall–Kier alpha value is -1.46. The fraction of sp³-hybridized carbons (Fsp3) is 0.143. The highest BCUT2D eigenvalue weighted by atomic mass is 79.9. The number of benzene rings is 2. The van der Waals surface area contributed by atoms with Crippen molar-refractivity contribution in [2.45, 2.75) is 13.0 Å². The third-order valence-electron chi connectivity index (χ3n) is 2.60. The lowest BCUT2D eigenvalue weighted by Crippen LogP contribution is -2.05. The minimum atomic E-state index is -0.530. The van der Waals surface area contributed by atoms with Gasteiger partial charge in [-0.05, 0) is 52.7 Å². The molecule has 2 rings (SSSR count). The van der Waals surface area contributed by atoms with Crippen LogP contribution in [-0.2, 0) is 0 Å². The van der Waals surface area contributed by atoms with Gasteiger partial charge in [0.1, 0.15) is 11.6 Å². The van der Waals surface area contributed by atoms with Crippen LogP contribution in [0.2, 0.25) is 0 Å². The van der Waals surface area contributed by atoms with Gasteiger partial charge < -0.3 is 10.5 Å². The first-order chi connectivity index (χ1) is 8.97. The predicted molar refractivity (Wildman–Crippen MR) is 73.2 cm³/mol. The first-order valence-electron chi connectivity index (χ1n) is 5.65. The molecule has 0 amide bonds. The molecule has 0 saturated heterocycles. The summed E-state index contributed by atoms with van der Waals surface area (Å²) < 4.78 is 32.7. The summed E-state index contributed by atoms with van der Waals surface area (Å²) in [6.45, 7) is 1.76. The van der Waals surface area contributed by atoms with Crippen LogP contribution >= 0.6 is 15.9 Å². The molecule has 19 heavy (non-hydrogen) atoms. The number of halogens is 3. The Balaban J connectivity index is 2.25. The van der Waals surface area contributed by atoms with Gasteiger partial charge in [-0.1, -0.05) is 6.07 Å². The van der Waals surface area contributed by atoms with Gasteiger partial charge in [0.15, 0.2) is 11.6 Å². The number of ether oxygens (including phenoxy) is 1. The second-order valence-electron chi connectivity index (χ2n) is 4.16. The molecule has 100 valence electrons. The van der Waals surface area contributed by atoms with E-state index in [2.05, 4.69) is 15.9 Å². The van der Waals surface area contributed by atoms with E-state index in [0.29, 0.717) is 10.0 Å². The normalized spacial score (nSPS) is 12.3. The summed E-state index contributed by atoms with van der Waals surface area (Å²) in [4.78, 5) is 0. The number of rotatable bonds is 3. The van der Waals surface area contributed by atoms with Crippen molar-refractivity contribution in [1.82, 2.24) is 0 Å². The van der Waals surface area contributed by atoms with Crippen molar-refractivity contribution < 1.29 is 13.5 Å². The van der Waals surface area contributed by atoms with E-state index in [1.54, 1.807) is 19.1 Å². The molecule has 0 saturated carbocycles. The highest BCUT2D eigenvalue weighted by molar-refractivity contribution is 9.10. The molecular weight excluding hydrogens is 316 g/mol. The van der Waals surface area contributed by atoms with Crippen molar-refractivity contribution in [3.05, 3.63) is 58.1 Å². The van der Waals surface area contributed by atoms with Gasteiger partial charge in [-0.3, -0.25) is 0 Å². The summed E-state index contributed by atoms with van der Waals surface area (Å²) in [5, 5.41) is 0. The molecule has 0 bridgehead atoms. The van der Waals surface area contributed by atoms with Crippen molar-refractivity contribution in [2.75, 3.05) is 0 Å². The minimum Gasteiger partial charge on any atom is -0.454 e. The minimum absolute atomic E-state index is 0.0334. The average molecular weight is 328 g/mol. The van der Waals surface area contributed by atoms with Gasteiger partial charge in [0.25, 0.3) is 0 Å². The molecule has 0 radical (unpaired) electrons. The Kier molecular flexibility index (Phi) is 4.17. The lowest BCUT2D eigenvalue weighted by molar-refractivity contribution is 0.437. The van der Waals surface area contributed by atoms with Crippen LogP contribution in [0.3, 0.4) is 0 Å². The molecule has 0 aliphatic heterocycles. The quantitative estimate of drug-likeness (QED) is 0.898. The van der Waals surface area contributed by atoms with Crippen LogP contribution in [0.5, 0.6) is 11.5 Å². The van der Waals surface area contributed by atoms with Crippen molar-refractivity contribution >= 4 is 15.9 Å². The zero-order valence-electron chi connectivity index (χ0n) is 10.2. The largest absolute Gasteiger partial charge is 0.454 e. The predicted octanol–water partition coefficient (Wildman–Crippen LogP) is 4.54. The van der Waals surface area contributed by atoms with E-state index in [1.165, 1.54) is 24.3 Å². The van der Waals surface area contributed by atoms with Crippen LogP contribution < -0.4 is 10.5 Å². The Bertz CT molecular complexity index is 602. The van der Waals surface area contributed by atoms with Gasteiger partial charge >= 0.3 is 0 Å². The Morgan fingerprint density at radius 1 is 1.11 bits per heavy atom. The SMILES string of the molecule is CC(N)c1ccc(Oc2ccc(Br)c(F)c2)c(F)c1. The van der Waals surface area contributed by atoms with Crippen molar-refractivity contribution in [3.8, 4) is 11.5 Å². The van der Waals surface area contributed by atoms with E-state index in [-0.39, 0.29) is 17.5 Å². The smallest absolute Gasteiger partial charge is 0.166 e. The van der Waals surface area contributed by atoms with Crippen molar-refractivity contribution in [1.29, 1.82) is 0 Å². The summed E-state index contributed by atoms with van der Waals surface area (Å²) in [5.41, 5.74) is 6.33. The van der Waals surface area contributed by atoms with Crippen LogP contribution in [0, 0.1) is 11.6 Å². The van der Waals surface area contributed by atoms with E-state index in [4.69, 9.17) is 10.5 Å². The topological polar surface area (TPSA) is 35.2 Å². The summed E-state index contributed by atoms with van der Waals surface area (Å²) >= 11 is 3.04. The maximum absolute atomic E-state index is 13.8. The first-order valence-corrected chi connectivity index (χ1v) is 6.44. The van der Waals surface area contributed by atoms with Crippen LogP contribution in [0.1, 0.15) is 18.5 Å². The van der Waals surface area contributed by atoms with E-state index >= 15 is 0 Å². The third kappa shape index (κ3) is 3.30. The first kappa shape index (κ1) is 14.0. The molecule has 0 spiro atoms. The maximum atomic E-state index is 13.8. The van der Waals surface area contributed by atoms with E-state index in [9.17, 15) is 8.78 Å². The molecule has 0 fully saturated rings. The summed E-state index contributed by atoms with van der Waals surface area (Å²) in [6, 6.07) is 8.45. The summed E-state index contributed by atoms with van der Waals surface area (Å²) in [6.07, 6.45) is 0. The summed E-state index contributed by atoms with van der Waals surface area (Å²) in [5.74, 6) is -0.734. The maximum Gasteiger partial charge on any atom is 0.166 e. The molecular formula is C14H12BrF2NO. The van der Waals surface area contributed by atoms with Gasteiger partial charge in [-0.15, -0.1) is 0 Å². The van der Waals surface area contributed by atoms with Crippen molar-refractivity contribution in [3.63, 3.8) is 0 Å². The fourth-order valence-corrected chi connectivity index (χ4v) is 1.80. The van der Waals surface area contributed by atoms with E-state index in [0.717, 1.165) is 0 Å². The highest BCUT2D eigenvalue weighted by Gasteiger charge is 2.09. The van der Waals surface area contributed by atoms with E-state index < -0.39 is 11.6 Å². The van der Waals surface area contributed by atoms with Crippen LogP contribution in [0.25, 0.3) is 0 Å². The molecule has 2 nitrogen and oxygen atoms in total. The summed E-state index contributed by atoms with van der Waals surface area (Å²) in [7, 11) is 0. The zero-order valence-corrected chi connectivity index (χ0v) is 11.7. The zero-order chi connectivity index (χ0) is 14.0. The molecule has 2 aromatic carbocycles. The molecule has 1 unspecified atom stereocenters. The van der Waals surface area contributed by atoms with Gasteiger partial charge in [-0.25, -0.2) is 8.78 Å². The fourth-order valence-electron chi connectivity index (χ4n) is 1.55. The monoisotopic (exact) mass is 327 g/mol. The van der Waals surface area contributed by atoms with E-state index in [1.807, 2.05) is 0 Å². The molecule has 0 aromatic heterocycles. The molecule has 0 aliphatic rings. The van der Waals surface area contributed by atoms with Crippen molar-refractivity contribution in [2.24, 2.45) is 5.73 Å². The lowest BCUT2D eigenvalue weighted by atomic mass is 10.1. The van der Waals surface area contributed by atoms with Crippen LogP contribution in [-0.4, -0.2) is 0 Å². The molecule has 5 heteroatoms. The Labute approximate surface area is 118 Å². The molecule has 0 heterocycles. The van der Waals surface area contributed by atoms with Gasteiger partial charge in [0, 0.05) is 12.1 Å². The number of hydrogen-bond donors (Lipinski definition) is 1. The van der Waals surface area contributed by atoms with Gasteiger partial charge in [0.05, 0.1) is 4.47 Å². The van der Waals surface area contributed by atoms with Crippen LogP contribution in [0.4, 0.5) is 8.78 Å². The second-order valence-corrected chi connectivity index (χ2v) is 5.01. The lowest BCUT2D eigenvalue weighted by Gasteiger charge is -2.10. The second kappa shape index (κ2) is 5.67. The highest BCUT2D eigenvalue weighted by Crippen LogP contribution is 2.28. The Morgan fingerprint density at radius 3 is 2.42 bits per heavy atom. The Morgan fingerprint density at radius 2 is 1.84 bits per heavy atom. The number of hydrogen-bond acceptors (Lipinski definition) is 2. The number of nitrogens with two attached hydrogens (primary N) is 1. The van der Waals surface area contributed by atoms with Gasteiger partial charge in [-0.2, -0.15) is 0 Å². The molecule has 2 N–H and O–H groups in total. The third-order valence-corrected chi connectivity index (χ3v) is 3.24. The van der Waals surface area contributed by atoms with Gasteiger partial charge in [0.2, 0.25) is 0 Å². The average Bonchev–Trinajstić information content (AvgIpc) is 2.36. The van der Waals surface area contributed by atoms with Crippen LogP contribution in [0.15, 0.2) is 40.9 Å². The molecule has 1 atom stereocenters.